The van der Waals surface area contributed by atoms with Gasteiger partial charge in [-0.25, -0.2) is 8.78 Å². The van der Waals surface area contributed by atoms with Gasteiger partial charge in [0.05, 0.1) is 12.1 Å². The number of anilines is 1. The van der Waals surface area contributed by atoms with Crippen molar-refractivity contribution in [1.29, 1.82) is 0 Å². The molecule has 2 aromatic rings. The van der Waals surface area contributed by atoms with E-state index in [0.717, 1.165) is 6.07 Å². The van der Waals surface area contributed by atoms with E-state index in [9.17, 15) is 18.7 Å². The van der Waals surface area contributed by atoms with Crippen LogP contribution in [-0.2, 0) is 11.2 Å². The molecule has 2 aromatic carbocycles. The van der Waals surface area contributed by atoms with Gasteiger partial charge in [-0.05, 0) is 24.6 Å². The van der Waals surface area contributed by atoms with Crippen molar-refractivity contribution < 1.29 is 18.7 Å². The molecule has 1 heterocycles. The molecule has 0 saturated carbocycles. The molecule has 0 aliphatic carbocycles. The summed E-state index contributed by atoms with van der Waals surface area (Å²) in [6.07, 6.45) is 0.775. The summed E-state index contributed by atoms with van der Waals surface area (Å²) in [6.45, 7) is 1.05. The molecule has 0 bridgehead atoms. The van der Waals surface area contributed by atoms with Crippen molar-refractivity contribution >= 4 is 11.6 Å². The van der Waals surface area contributed by atoms with Crippen LogP contribution in [0.5, 0.6) is 5.75 Å². The molecule has 1 aliphatic rings. The highest BCUT2D eigenvalue weighted by atomic mass is 19.1. The number of phenolic OH excluding ortho intramolecular Hbond substituents is 1. The van der Waals surface area contributed by atoms with Crippen LogP contribution in [0.15, 0.2) is 42.5 Å². The summed E-state index contributed by atoms with van der Waals surface area (Å²) in [5.41, 5.74) is 0.906. The number of carbonyl (C=O) groups is 1. The molecule has 1 atom stereocenters. The van der Waals surface area contributed by atoms with Gasteiger partial charge in [-0.15, -0.1) is 0 Å². The molecule has 126 valence electrons. The van der Waals surface area contributed by atoms with Crippen molar-refractivity contribution in [2.75, 3.05) is 18.0 Å². The van der Waals surface area contributed by atoms with Crippen LogP contribution in [-0.4, -0.2) is 30.1 Å². The van der Waals surface area contributed by atoms with Crippen molar-refractivity contribution in [2.45, 2.75) is 18.9 Å². The van der Waals surface area contributed by atoms with Gasteiger partial charge < -0.3 is 15.3 Å². The third kappa shape index (κ3) is 3.64. The Labute approximate surface area is 138 Å². The van der Waals surface area contributed by atoms with Crippen LogP contribution >= 0.6 is 0 Å². The smallest absolute Gasteiger partial charge is 0.224 e. The van der Waals surface area contributed by atoms with Gasteiger partial charge in [0.2, 0.25) is 5.91 Å². The fourth-order valence-corrected chi connectivity index (χ4v) is 2.95. The van der Waals surface area contributed by atoms with Gasteiger partial charge in [0.25, 0.3) is 0 Å². The number of aromatic hydroxyl groups is 1. The van der Waals surface area contributed by atoms with Gasteiger partial charge in [0, 0.05) is 30.8 Å². The number of nitrogens with zero attached hydrogens (tertiary/aromatic N) is 1. The summed E-state index contributed by atoms with van der Waals surface area (Å²) < 4.78 is 26.8. The van der Waals surface area contributed by atoms with Crippen LogP contribution in [0.1, 0.15) is 12.0 Å². The van der Waals surface area contributed by atoms with Crippen molar-refractivity contribution in [2.24, 2.45) is 0 Å². The van der Waals surface area contributed by atoms with E-state index in [1.54, 1.807) is 23.1 Å². The summed E-state index contributed by atoms with van der Waals surface area (Å²) in [6, 6.07) is 10.1. The molecule has 1 amide bonds. The van der Waals surface area contributed by atoms with Gasteiger partial charge in [-0.1, -0.05) is 18.2 Å². The first-order valence-electron chi connectivity index (χ1n) is 7.79. The molecule has 0 aromatic heterocycles. The summed E-state index contributed by atoms with van der Waals surface area (Å²) in [5, 5.41) is 12.6. The molecule has 1 aliphatic heterocycles. The average Bonchev–Trinajstić information content (AvgIpc) is 2.97. The summed E-state index contributed by atoms with van der Waals surface area (Å²) in [4.78, 5) is 13.9. The molecule has 2 N–H and O–H groups in total. The molecule has 0 unspecified atom stereocenters. The van der Waals surface area contributed by atoms with Crippen molar-refractivity contribution in [3.8, 4) is 5.75 Å². The van der Waals surface area contributed by atoms with Gasteiger partial charge >= 0.3 is 0 Å². The lowest BCUT2D eigenvalue weighted by Gasteiger charge is -2.19. The second-order valence-corrected chi connectivity index (χ2v) is 5.90. The van der Waals surface area contributed by atoms with Crippen LogP contribution in [0.4, 0.5) is 14.5 Å². The number of halogens is 2. The number of rotatable bonds is 4. The Morgan fingerprint density at radius 2 is 2.04 bits per heavy atom. The average molecular weight is 332 g/mol. The quantitative estimate of drug-likeness (QED) is 0.905. The first-order chi connectivity index (χ1) is 11.5. The van der Waals surface area contributed by atoms with Crippen LogP contribution < -0.4 is 10.2 Å². The Balaban J connectivity index is 1.58. The van der Waals surface area contributed by atoms with Crippen LogP contribution in [0, 0.1) is 11.6 Å². The minimum absolute atomic E-state index is 0.0914. The minimum atomic E-state index is -0.608. The SMILES string of the molecule is O=C(Cc1ccccc1O)N[C@@H]1CCN(c2ccc(F)cc2F)C1. The lowest BCUT2D eigenvalue weighted by Crippen LogP contribution is -2.38. The van der Waals surface area contributed by atoms with Crippen molar-refractivity contribution in [3.05, 3.63) is 59.7 Å². The van der Waals surface area contributed by atoms with E-state index in [4.69, 9.17) is 0 Å². The van der Waals surface area contributed by atoms with E-state index < -0.39 is 11.6 Å². The number of phenols is 1. The summed E-state index contributed by atoms with van der Waals surface area (Å²) in [7, 11) is 0. The Morgan fingerprint density at radius 1 is 1.25 bits per heavy atom. The third-order valence-corrected chi connectivity index (χ3v) is 4.15. The van der Waals surface area contributed by atoms with Crippen LogP contribution in [0.2, 0.25) is 0 Å². The highest BCUT2D eigenvalue weighted by Gasteiger charge is 2.26. The monoisotopic (exact) mass is 332 g/mol. The first kappa shape index (κ1) is 16.2. The van der Waals surface area contributed by atoms with E-state index in [-0.39, 0.29) is 24.1 Å². The zero-order valence-corrected chi connectivity index (χ0v) is 13.0. The summed E-state index contributed by atoms with van der Waals surface area (Å²) in [5.74, 6) is -1.31. The number of benzene rings is 2. The largest absolute Gasteiger partial charge is 0.508 e. The zero-order chi connectivity index (χ0) is 17.1. The molecule has 0 spiro atoms. The maximum atomic E-state index is 13.8. The van der Waals surface area contributed by atoms with E-state index in [0.29, 0.717) is 30.8 Å². The third-order valence-electron chi connectivity index (χ3n) is 4.15. The predicted molar refractivity (Wildman–Crippen MR) is 86.9 cm³/mol. The number of carbonyl (C=O) groups excluding carboxylic acids is 1. The molecule has 24 heavy (non-hydrogen) atoms. The van der Waals surface area contributed by atoms with E-state index in [1.807, 2.05) is 0 Å². The molecule has 6 heteroatoms. The van der Waals surface area contributed by atoms with Gasteiger partial charge in [-0.3, -0.25) is 4.79 Å². The number of para-hydroxylation sites is 1. The maximum Gasteiger partial charge on any atom is 0.224 e. The highest BCUT2D eigenvalue weighted by molar-refractivity contribution is 5.79. The number of hydrogen-bond donors (Lipinski definition) is 2. The van der Waals surface area contributed by atoms with E-state index >= 15 is 0 Å². The Hall–Kier alpha value is -2.63. The minimum Gasteiger partial charge on any atom is -0.508 e. The maximum absolute atomic E-state index is 13.8. The second-order valence-electron chi connectivity index (χ2n) is 5.90. The highest BCUT2D eigenvalue weighted by Crippen LogP contribution is 2.24. The van der Waals surface area contributed by atoms with Gasteiger partial charge in [-0.2, -0.15) is 0 Å². The molecule has 1 fully saturated rings. The van der Waals surface area contributed by atoms with Gasteiger partial charge in [0.15, 0.2) is 0 Å². The fourth-order valence-electron chi connectivity index (χ4n) is 2.95. The lowest BCUT2D eigenvalue weighted by molar-refractivity contribution is -0.121. The fraction of sp³-hybridized carbons (Fsp3) is 0.278. The van der Waals surface area contributed by atoms with E-state index in [2.05, 4.69) is 5.32 Å². The Bertz CT molecular complexity index is 752. The van der Waals surface area contributed by atoms with Crippen molar-refractivity contribution in [3.63, 3.8) is 0 Å². The number of amides is 1. The predicted octanol–water partition coefficient (Wildman–Crippen LogP) is 2.61. The first-order valence-corrected chi connectivity index (χ1v) is 7.79. The Kier molecular flexibility index (Phi) is 4.64. The van der Waals surface area contributed by atoms with Gasteiger partial charge in [0.1, 0.15) is 17.4 Å². The second kappa shape index (κ2) is 6.86. The topological polar surface area (TPSA) is 52.6 Å². The van der Waals surface area contributed by atoms with E-state index in [1.165, 1.54) is 18.2 Å². The van der Waals surface area contributed by atoms with Crippen LogP contribution in [0.3, 0.4) is 0 Å². The summed E-state index contributed by atoms with van der Waals surface area (Å²) >= 11 is 0. The lowest BCUT2D eigenvalue weighted by atomic mass is 10.1. The Morgan fingerprint density at radius 3 is 2.79 bits per heavy atom. The standard InChI is InChI=1S/C18H18F2N2O2/c19-13-5-6-16(15(20)10-13)22-8-7-14(11-22)21-18(24)9-12-3-1-2-4-17(12)23/h1-6,10,14,23H,7-9,11H2,(H,21,24)/t14-/m1/s1. The molecular formula is C18H18F2N2O2. The normalized spacial score (nSPS) is 17.1. The molecule has 3 rings (SSSR count). The molecule has 4 nitrogen and oxygen atoms in total. The number of hydrogen-bond acceptors (Lipinski definition) is 3. The van der Waals surface area contributed by atoms with Crippen molar-refractivity contribution in [1.82, 2.24) is 5.32 Å². The number of nitrogens with one attached hydrogen (secondary N) is 1. The molecular weight excluding hydrogens is 314 g/mol. The molecule has 0 radical (unpaired) electrons. The zero-order valence-electron chi connectivity index (χ0n) is 13.0. The molecule has 1 saturated heterocycles. The van der Waals surface area contributed by atoms with Crippen LogP contribution in [0.25, 0.3) is 0 Å².